The van der Waals surface area contributed by atoms with E-state index in [2.05, 4.69) is 26.2 Å². The Bertz CT molecular complexity index is 496. The number of rotatable bonds is 3. The van der Waals surface area contributed by atoms with Crippen molar-refractivity contribution in [2.24, 2.45) is 0 Å². The lowest BCUT2D eigenvalue weighted by molar-refractivity contribution is 0.298. The first kappa shape index (κ1) is 11.3. The average Bonchev–Trinajstić information content (AvgIpc) is 2.71. The zero-order valence-electron chi connectivity index (χ0n) is 8.89. The normalized spacial score (nSPS) is 10.7. The van der Waals surface area contributed by atoms with Gasteiger partial charge < -0.3 is 5.11 Å². The zero-order chi connectivity index (χ0) is 11.5. The van der Waals surface area contributed by atoms with Gasteiger partial charge in [-0.1, -0.05) is 17.3 Å². The van der Waals surface area contributed by atoms with Crippen molar-refractivity contribution in [1.29, 1.82) is 0 Å². The first-order valence-electron chi connectivity index (χ1n) is 5.00. The Labute approximate surface area is 102 Å². The third-order valence-electron chi connectivity index (χ3n) is 2.33. The molecule has 1 heterocycles. The minimum atomic E-state index is 0.0910. The van der Waals surface area contributed by atoms with Crippen LogP contribution in [-0.2, 0) is 6.42 Å². The topological polar surface area (TPSA) is 50.9 Å². The molecule has 0 atom stereocenters. The van der Waals surface area contributed by atoms with E-state index in [9.17, 15) is 0 Å². The number of nitrogens with zero attached hydrogens (tertiary/aromatic N) is 3. The smallest absolute Gasteiger partial charge is 0.0854 e. The van der Waals surface area contributed by atoms with Crippen LogP contribution < -0.4 is 0 Å². The minimum absolute atomic E-state index is 0.0910. The lowest BCUT2D eigenvalue weighted by Crippen LogP contribution is -1.97. The number of benzene rings is 1. The van der Waals surface area contributed by atoms with Crippen molar-refractivity contribution in [2.75, 3.05) is 6.61 Å². The third kappa shape index (κ3) is 2.15. The van der Waals surface area contributed by atoms with Crippen molar-refractivity contribution in [3.63, 3.8) is 0 Å². The molecule has 0 unspecified atom stereocenters. The van der Waals surface area contributed by atoms with E-state index in [0.717, 1.165) is 21.4 Å². The fraction of sp³-hybridized carbons (Fsp3) is 0.273. The summed E-state index contributed by atoms with van der Waals surface area (Å²) in [7, 11) is 0. The summed E-state index contributed by atoms with van der Waals surface area (Å²) in [5.41, 5.74) is 2.89. The van der Waals surface area contributed by atoms with E-state index < -0.39 is 0 Å². The van der Waals surface area contributed by atoms with Crippen LogP contribution in [0.1, 0.15) is 11.3 Å². The number of halogens is 1. The van der Waals surface area contributed by atoms with Crippen LogP contribution in [0.5, 0.6) is 0 Å². The summed E-state index contributed by atoms with van der Waals surface area (Å²) in [4.78, 5) is 0. The number of hydrogen-bond acceptors (Lipinski definition) is 3. The average molecular weight is 282 g/mol. The summed E-state index contributed by atoms with van der Waals surface area (Å²) in [5.74, 6) is 0. The molecule has 1 aromatic heterocycles. The molecule has 1 N–H and O–H groups in total. The molecule has 1 aromatic carbocycles. The molecule has 0 aliphatic carbocycles. The van der Waals surface area contributed by atoms with Gasteiger partial charge in [-0.2, -0.15) is 0 Å². The fourth-order valence-electron chi connectivity index (χ4n) is 1.45. The van der Waals surface area contributed by atoms with Crippen LogP contribution in [0, 0.1) is 6.92 Å². The van der Waals surface area contributed by atoms with E-state index in [1.807, 2.05) is 31.3 Å². The number of aryl methyl sites for hydroxylation is 1. The van der Waals surface area contributed by atoms with Gasteiger partial charge in [0.2, 0.25) is 0 Å². The molecule has 2 rings (SSSR count). The SMILES string of the molecule is Cc1cccc(-n2cc(CCO)nn2)c1Br. The van der Waals surface area contributed by atoms with Gasteiger partial charge in [0, 0.05) is 17.5 Å². The van der Waals surface area contributed by atoms with E-state index in [1.54, 1.807) is 4.68 Å². The maximum atomic E-state index is 8.81. The molecule has 0 fully saturated rings. The lowest BCUT2D eigenvalue weighted by atomic mass is 10.2. The largest absolute Gasteiger partial charge is 0.396 e. The molecular formula is C11H12BrN3O. The van der Waals surface area contributed by atoms with E-state index in [0.29, 0.717) is 6.42 Å². The van der Waals surface area contributed by atoms with Crippen molar-refractivity contribution in [1.82, 2.24) is 15.0 Å². The molecule has 0 saturated heterocycles. The molecule has 0 saturated carbocycles. The zero-order valence-corrected chi connectivity index (χ0v) is 10.5. The summed E-state index contributed by atoms with van der Waals surface area (Å²) < 4.78 is 2.72. The van der Waals surface area contributed by atoms with Crippen molar-refractivity contribution >= 4 is 15.9 Å². The van der Waals surface area contributed by atoms with Crippen LogP contribution in [0.15, 0.2) is 28.9 Å². The van der Waals surface area contributed by atoms with Gasteiger partial charge in [-0.3, -0.25) is 0 Å². The highest BCUT2D eigenvalue weighted by Crippen LogP contribution is 2.23. The summed E-state index contributed by atoms with van der Waals surface area (Å²) in [6, 6.07) is 5.97. The van der Waals surface area contributed by atoms with Crippen LogP contribution in [-0.4, -0.2) is 26.7 Å². The summed E-state index contributed by atoms with van der Waals surface area (Å²) in [5, 5.41) is 16.8. The number of hydrogen-bond donors (Lipinski definition) is 1. The highest BCUT2D eigenvalue weighted by Gasteiger charge is 2.07. The minimum Gasteiger partial charge on any atom is -0.396 e. The number of aliphatic hydroxyl groups excluding tert-OH is 1. The van der Waals surface area contributed by atoms with Crippen LogP contribution >= 0.6 is 15.9 Å². The highest BCUT2D eigenvalue weighted by atomic mass is 79.9. The van der Waals surface area contributed by atoms with Gasteiger partial charge in [-0.15, -0.1) is 5.10 Å². The van der Waals surface area contributed by atoms with Gasteiger partial charge in [0.25, 0.3) is 0 Å². The van der Waals surface area contributed by atoms with Gasteiger partial charge >= 0.3 is 0 Å². The van der Waals surface area contributed by atoms with E-state index in [4.69, 9.17) is 5.11 Å². The molecule has 16 heavy (non-hydrogen) atoms. The van der Waals surface area contributed by atoms with Gasteiger partial charge in [0.15, 0.2) is 0 Å². The summed E-state index contributed by atoms with van der Waals surface area (Å²) >= 11 is 3.53. The Morgan fingerprint density at radius 2 is 2.25 bits per heavy atom. The van der Waals surface area contributed by atoms with Gasteiger partial charge in [-0.25, -0.2) is 4.68 Å². The van der Waals surface area contributed by atoms with Crippen molar-refractivity contribution < 1.29 is 5.11 Å². The maximum Gasteiger partial charge on any atom is 0.0854 e. The molecule has 2 aromatic rings. The van der Waals surface area contributed by atoms with Crippen molar-refractivity contribution in [3.05, 3.63) is 40.1 Å². The van der Waals surface area contributed by atoms with E-state index >= 15 is 0 Å². The van der Waals surface area contributed by atoms with Crippen LogP contribution in [0.25, 0.3) is 5.69 Å². The van der Waals surface area contributed by atoms with Crippen molar-refractivity contribution in [2.45, 2.75) is 13.3 Å². The number of aliphatic hydroxyl groups is 1. The second-order valence-electron chi connectivity index (χ2n) is 3.54. The predicted octanol–water partition coefficient (Wildman–Crippen LogP) is 1.87. The maximum absolute atomic E-state index is 8.81. The molecule has 0 aliphatic rings. The lowest BCUT2D eigenvalue weighted by Gasteiger charge is -2.05. The Kier molecular flexibility index (Phi) is 3.36. The molecule has 0 radical (unpaired) electrons. The summed E-state index contributed by atoms with van der Waals surface area (Å²) in [6.07, 6.45) is 2.36. The van der Waals surface area contributed by atoms with Gasteiger partial charge in [0.05, 0.1) is 17.6 Å². The Balaban J connectivity index is 2.39. The predicted molar refractivity (Wildman–Crippen MR) is 64.6 cm³/mol. The molecule has 0 bridgehead atoms. The fourth-order valence-corrected chi connectivity index (χ4v) is 1.90. The van der Waals surface area contributed by atoms with Crippen LogP contribution in [0.2, 0.25) is 0 Å². The molecular weight excluding hydrogens is 270 g/mol. The van der Waals surface area contributed by atoms with Gasteiger partial charge in [-0.05, 0) is 34.5 Å². The second-order valence-corrected chi connectivity index (χ2v) is 4.33. The van der Waals surface area contributed by atoms with Crippen LogP contribution in [0.3, 0.4) is 0 Å². The third-order valence-corrected chi connectivity index (χ3v) is 3.36. The molecule has 0 spiro atoms. The van der Waals surface area contributed by atoms with E-state index in [1.165, 1.54) is 0 Å². The first-order chi connectivity index (χ1) is 7.72. The quantitative estimate of drug-likeness (QED) is 0.935. The second kappa shape index (κ2) is 4.76. The molecule has 84 valence electrons. The summed E-state index contributed by atoms with van der Waals surface area (Å²) in [6.45, 7) is 2.12. The van der Waals surface area contributed by atoms with Crippen LogP contribution in [0.4, 0.5) is 0 Å². The monoisotopic (exact) mass is 281 g/mol. The molecule has 0 aliphatic heterocycles. The Morgan fingerprint density at radius 3 is 3.00 bits per heavy atom. The van der Waals surface area contributed by atoms with Crippen molar-refractivity contribution in [3.8, 4) is 5.69 Å². The first-order valence-corrected chi connectivity index (χ1v) is 5.79. The standard InChI is InChI=1S/C11H12BrN3O/c1-8-3-2-4-10(11(8)12)15-7-9(5-6-16)13-14-15/h2-4,7,16H,5-6H2,1H3. The highest BCUT2D eigenvalue weighted by molar-refractivity contribution is 9.10. The molecule has 5 heteroatoms. The number of aromatic nitrogens is 3. The molecule has 0 amide bonds. The van der Waals surface area contributed by atoms with E-state index in [-0.39, 0.29) is 6.61 Å². The Morgan fingerprint density at radius 1 is 1.44 bits per heavy atom. The van der Waals surface area contributed by atoms with Gasteiger partial charge in [0.1, 0.15) is 0 Å². The molecule has 4 nitrogen and oxygen atoms in total. The Hall–Kier alpha value is -1.20.